The fraction of sp³-hybridized carbons (Fsp3) is 0.476. The maximum Gasteiger partial charge on any atom is 0.326 e. The van der Waals surface area contributed by atoms with Gasteiger partial charge in [0.25, 0.3) is 5.56 Å². The molecule has 8 nitrogen and oxygen atoms in total. The van der Waals surface area contributed by atoms with E-state index < -0.39 is 34.7 Å². The van der Waals surface area contributed by atoms with Crippen LogP contribution < -0.4 is 21.9 Å². The Morgan fingerprint density at radius 2 is 1.81 bits per heavy atom. The molecule has 1 saturated heterocycles. The van der Waals surface area contributed by atoms with Gasteiger partial charge in [0.1, 0.15) is 5.82 Å². The molecule has 2 heterocycles. The molecule has 1 fully saturated rings. The number of H-pyrrole nitrogens is 1. The molecule has 1 aliphatic heterocycles. The van der Waals surface area contributed by atoms with Crippen molar-refractivity contribution in [3.05, 3.63) is 51.7 Å². The van der Waals surface area contributed by atoms with Crippen LogP contribution in [0.25, 0.3) is 0 Å². The second kappa shape index (κ2) is 11.1. The molecule has 32 heavy (non-hydrogen) atoms. The molecular formula is C21H27F3N6O2. The van der Waals surface area contributed by atoms with Crippen molar-refractivity contribution in [3.63, 3.8) is 0 Å². The van der Waals surface area contributed by atoms with Crippen molar-refractivity contribution in [2.45, 2.75) is 38.0 Å². The van der Waals surface area contributed by atoms with E-state index in [9.17, 15) is 22.8 Å². The summed E-state index contributed by atoms with van der Waals surface area (Å²) in [6.07, 6.45) is 6.46. The van der Waals surface area contributed by atoms with E-state index in [1.54, 1.807) is 0 Å². The average Bonchev–Trinajstić information content (AvgIpc) is 2.76. The predicted molar refractivity (Wildman–Crippen MR) is 115 cm³/mol. The molecule has 5 N–H and O–H groups in total. The summed E-state index contributed by atoms with van der Waals surface area (Å²) >= 11 is 0. The van der Waals surface area contributed by atoms with Crippen LogP contribution >= 0.6 is 0 Å². The van der Waals surface area contributed by atoms with E-state index in [4.69, 9.17) is 5.73 Å². The number of urea groups is 1. The SMILES string of the molecule is NCCCCCN1CCC(c2c[nH]c(NC(=O)Nc3cc(F)c(F)cc3F)nc2=O)CC1. The summed E-state index contributed by atoms with van der Waals surface area (Å²) in [5, 5.41) is 4.29. The van der Waals surface area contributed by atoms with Crippen LogP contribution in [0.3, 0.4) is 0 Å². The van der Waals surface area contributed by atoms with Gasteiger partial charge in [0.15, 0.2) is 11.6 Å². The molecule has 2 amide bonds. The van der Waals surface area contributed by atoms with Crippen molar-refractivity contribution in [1.29, 1.82) is 0 Å². The van der Waals surface area contributed by atoms with Gasteiger partial charge >= 0.3 is 6.03 Å². The summed E-state index contributed by atoms with van der Waals surface area (Å²) < 4.78 is 39.9. The number of anilines is 2. The van der Waals surface area contributed by atoms with Gasteiger partial charge in [-0.25, -0.2) is 18.0 Å². The van der Waals surface area contributed by atoms with Crippen LogP contribution in [0, 0.1) is 17.5 Å². The Morgan fingerprint density at radius 3 is 2.50 bits per heavy atom. The normalized spacial score (nSPS) is 15.0. The van der Waals surface area contributed by atoms with Gasteiger partial charge < -0.3 is 20.9 Å². The number of rotatable bonds is 8. The highest BCUT2D eigenvalue weighted by Gasteiger charge is 2.23. The van der Waals surface area contributed by atoms with Gasteiger partial charge in [0.2, 0.25) is 5.95 Å². The number of likely N-dealkylation sites (tertiary alicyclic amines) is 1. The summed E-state index contributed by atoms with van der Waals surface area (Å²) in [5.74, 6) is -3.88. The summed E-state index contributed by atoms with van der Waals surface area (Å²) in [4.78, 5) is 33.4. The molecule has 2 aromatic rings. The first-order valence-corrected chi connectivity index (χ1v) is 10.6. The van der Waals surface area contributed by atoms with Crippen molar-refractivity contribution >= 4 is 17.7 Å². The number of carbonyl (C=O) groups excluding carboxylic acids is 1. The van der Waals surface area contributed by atoms with E-state index >= 15 is 0 Å². The lowest BCUT2D eigenvalue weighted by atomic mass is 9.91. The number of aromatic nitrogens is 2. The molecule has 1 aliphatic rings. The van der Waals surface area contributed by atoms with E-state index in [0.29, 0.717) is 24.2 Å². The van der Waals surface area contributed by atoms with Crippen LogP contribution in [0.1, 0.15) is 43.6 Å². The van der Waals surface area contributed by atoms with Gasteiger partial charge in [0.05, 0.1) is 5.69 Å². The van der Waals surface area contributed by atoms with Gasteiger partial charge in [-0.05, 0) is 57.8 Å². The molecule has 3 rings (SSSR count). The van der Waals surface area contributed by atoms with Crippen LogP contribution in [0.2, 0.25) is 0 Å². The number of halogens is 3. The van der Waals surface area contributed by atoms with E-state index in [1.165, 1.54) is 6.20 Å². The van der Waals surface area contributed by atoms with Gasteiger partial charge in [-0.3, -0.25) is 10.1 Å². The minimum Gasteiger partial charge on any atom is -0.332 e. The highest BCUT2D eigenvalue weighted by molar-refractivity contribution is 5.98. The standard InChI is InChI=1S/C21H27F3N6O2/c22-15-10-17(24)18(11-16(15)23)27-21(32)29-20-26-12-14(19(31)28-20)13-4-8-30(9-5-13)7-3-1-2-6-25/h10-13H,1-9,25H2,(H3,26,27,28,29,31,32). The fourth-order valence-electron chi connectivity index (χ4n) is 3.77. The molecule has 0 spiro atoms. The van der Waals surface area contributed by atoms with Gasteiger partial charge in [-0.1, -0.05) is 6.42 Å². The lowest BCUT2D eigenvalue weighted by Crippen LogP contribution is -2.35. The third kappa shape index (κ3) is 6.30. The monoisotopic (exact) mass is 452 g/mol. The van der Waals surface area contributed by atoms with Crippen LogP contribution in [0.5, 0.6) is 0 Å². The number of hydrogen-bond donors (Lipinski definition) is 4. The highest BCUT2D eigenvalue weighted by Crippen LogP contribution is 2.26. The Kier molecular flexibility index (Phi) is 8.23. The Hall–Kier alpha value is -2.92. The summed E-state index contributed by atoms with van der Waals surface area (Å²) in [7, 11) is 0. The molecule has 0 saturated carbocycles. The first-order chi connectivity index (χ1) is 15.4. The number of piperidine rings is 1. The molecule has 0 bridgehead atoms. The van der Waals surface area contributed by atoms with E-state index in [2.05, 4.69) is 20.2 Å². The number of carbonyl (C=O) groups is 1. The van der Waals surface area contributed by atoms with E-state index in [1.807, 2.05) is 5.32 Å². The maximum atomic E-state index is 13.7. The molecule has 0 radical (unpaired) electrons. The third-order valence-corrected chi connectivity index (χ3v) is 5.52. The van der Waals surface area contributed by atoms with Crippen LogP contribution in [-0.4, -0.2) is 47.1 Å². The summed E-state index contributed by atoms with van der Waals surface area (Å²) in [6, 6.07) is -0.117. The van der Waals surface area contributed by atoms with E-state index in [0.717, 1.165) is 51.7 Å². The Balaban J connectivity index is 1.54. The number of nitrogens with two attached hydrogens (primary N) is 1. The smallest absolute Gasteiger partial charge is 0.326 e. The van der Waals surface area contributed by atoms with Crippen LogP contribution in [0.4, 0.5) is 29.6 Å². The first kappa shape index (κ1) is 23.7. The number of nitrogens with one attached hydrogen (secondary N) is 3. The second-order valence-electron chi connectivity index (χ2n) is 7.80. The van der Waals surface area contributed by atoms with Crippen molar-refractivity contribution in [1.82, 2.24) is 14.9 Å². The van der Waals surface area contributed by atoms with Crippen molar-refractivity contribution < 1.29 is 18.0 Å². The van der Waals surface area contributed by atoms with Crippen molar-refractivity contribution in [3.8, 4) is 0 Å². The van der Waals surface area contributed by atoms with Crippen molar-refractivity contribution in [2.75, 3.05) is 36.8 Å². The molecule has 1 aromatic heterocycles. The molecule has 174 valence electrons. The van der Waals surface area contributed by atoms with Crippen molar-refractivity contribution in [2.24, 2.45) is 5.73 Å². The average molecular weight is 452 g/mol. The van der Waals surface area contributed by atoms with Gasteiger partial charge in [-0.15, -0.1) is 0 Å². The maximum absolute atomic E-state index is 13.7. The first-order valence-electron chi connectivity index (χ1n) is 10.6. The Bertz CT molecular complexity index is 992. The Morgan fingerprint density at radius 1 is 1.09 bits per heavy atom. The Labute approximate surface area is 183 Å². The zero-order chi connectivity index (χ0) is 23.1. The zero-order valence-electron chi connectivity index (χ0n) is 17.6. The highest BCUT2D eigenvalue weighted by atomic mass is 19.2. The number of amides is 2. The third-order valence-electron chi connectivity index (χ3n) is 5.52. The summed E-state index contributed by atoms with van der Waals surface area (Å²) in [5.41, 5.74) is 5.05. The molecule has 11 heteroatoms. The minimum atomic E-state index is -1.37. The van der Waals surface area contributed by atoms with Crippen LogP contribution in [0.15, 0.2) is 23.1 Å². The lowest BCUT2D eigenvalue weighted by Gasteiger charge is -2.31. The lowest BCUT2D eigenvalue weighted by molar-refractivity contribution is 0.208. The number of aromatic amines is 1. The molecule has 0 unspecified atom stereocenters. The second-order valence-corrected chi connectivity index (χ2v) is 7.80. The molecule has 1 aromatic carbocycles. The number of hydrogen-bond acceptors (Lipinski definition) is 5. The molecule has 0 atom stereocenters. The number of nitrogens with zero attached hydrogens (tertiary/aromatic N) is 2. The number of benzene rings is 1. The number of unbranched alkanes of at least 4 members (excludes halogenated alkanes) is 2. The van der Waals surface area contributed by atoms with Gasteiger partial charge in [0, 0.05) is 23.9 Å². The molecule has 0 aliphatic carbocycles. The van der Waals surface area contributed by atoms with E-state index in [-0.39, 0.29) is 11.9 Å². The quantitative estimate of drug-likeness (QED) is 0.363. The van der Waals surface area contributed by atoms with Gasteiger partial charge in [-0.2, -0.15) is 4.98 Å². The van der Waals surface area contributed by atoms with Crippen LogP contribution in [-0.2, 0) is 0 Å². The topological polar surface area (TPSA) is 116 Å². The minimum absolute atomic E-state index is 0.0747. The molecular weight excluding hydrogens is 425 g/mol. The summed E-state index contributed by atoms with van der Waals surface area (Å²) in [6.45, 7) is 3.54. The zero-order valence-corrected chi connectivity index (χ0v) is 17.6. The fourth-order valence-corrected chi connectivity index (χ4v) is 3.77. The largest absolute Gasteiger partial charge is 0.332 e. The predicted octanol–water partition coefficient (Wildman–Crippen LogP) is 3.14.